The maximum Gasteiger partial charge on any atom is 0.326 e. The predicted octanol–water partition coefficient (Wildman–Crippen LogP) is 0.870. The standard InChI is InChI=1S/C12H16N4O3/c1-16-7-14-10-9(16)3-5-13-11(10)15-8(12(17)18)4-6-19-2/h3,5,7-8H,4,6H2,1-2H3,(H,13,15)(H,17,18). The number of hydrogen-bond acceptors (Lipinski definition) is 5. The number of aromatic nitrogens is 3. The number of nitrogens with one attached hydrogen (secondary N) is 1. The van der Waals surface area contributed by atoms with Gasteiger partial charge in [0.1, 0.15) is 11.6 Å². The number of ether oxygens (including phenoxy) is 1. The summed E-state index contributed by atoms with van der Waals surface area (Å²) in [5.74, 6) is -0.464. The van der Waals surface area contributed by atoms with Crippen molar-refractivity contribution in [1.29, 1.82) is 0 Å². The van der Waals surface area contributed by atoms with Crippen molar-refractivity contribution < 1.29 is 14.6 Å². The van der Waals surface area contributed by atoms with Gasteiger partial charge in [-0.2, -0.15) is 0 Å². The Kier molecular flexibility index (Phi) is 3.96. The molecule has 0 aromatic carbocycles. The summed E-state index contributed by atoms with van der Waals surface area (Å²) in [6.07, 6.45) is 3.65. The zero-order valence-electron chi connectivity index (χ0n) is 10.8. The summed E-state index contributed by atoms with van der Waals surface area (Å²) in [5, 5.41) is 12.1. The van der Waals surface area contributed by atoms with Gasteiger partial charge in [0.2, 0.25) is 0 Å². The number of carboxylic acids is 1. The minimum absolute atomic E-state index is 0.358. The van der Waals surface area contributed by atoms with Crippen molar-refractivity contribution >= 4 is 22.8 Å². The lowest BCUT2D eigenvalue weighted by atomic mass is 10.2. The number of fused-ring (bicyclic) bond motifs is 1. The van der Waals surface area contributed by atoms with Gasteiger partial charge in [-0.15, -0.1) is 0 Å². The van der Waals surface area contributed by atoms with Crippen molar-refractivity contribution in [3.63, 3.8) is 0 Å². The largest absolute Gasteiger partial charge is 0.480 e. The van der Waals surface area contributed by atoms with E-state index < -0.39 is 12.0 Å². The normalized spacial score (nSPS) is 12.5. The van der Waals surface area contributed by atoms with Gasteiger partial charge in [-0.1, -0.05) is 0 Å². The highest BCUT2D eigenvalue weighted by Crippen LogP contribution is 2.19. The summed E-state index contributed by atoms with van der Waals surface area (Å²) in [7, 11) is 3.41. The number of hydrogen-bond donors (Lipinski definition) is 2. The second-order valence-corrected chi connectivity index (χ2v) is 4.20. The quantitative estimate of drug-likeness (QED) is 0.804. The van der Waals surface area contributed by atoms with Crippen LogP contribution in [0.25, 0.3) is 11.0 Å². The van der Waals surface area contributed by atoms with Crippen molar-refractivity contribution in [2.75, 3.05) is 19.0 Å². The number of rotatable bonds is 6. The van der Waals surface area contributed by atoms with Crippen LogP contribution in [0.3, 0.4) is 0 Å². The van der Waals surface area contributed by atoms with Crippen LogP contribution in [0, 0.1) is 0 Å². The third-order valence-electron chi connectivity index (χ3n) is 2.86. The van der Waals surface area contributed by atoms with Gasteiger partial charge in [0.05, 0.1) is 11.8 Å². The molecule has 1 atom stereocenters. The molecule has 2 rings (SSSR count). The van der Waals surface area contributed by atoms with E-state index in [1.807, 2.05) is 17.7 Å². The molecule has 0 amide bonds. The third kappa shape index (κ3) is 2.82. The molecule has 0 bridgehead atoms. The van der Waals surface area contributed by atoms with Crippen LogP contribution in [-0.4, -0.2) is 45.4 Å². The second-order valence-electron chi connectivity index (χ2n) is 4.20. The van der Waals surface area contributed by atoms with Crippen LogP contribution in [0.4, 0.5) is 5.82 Å². The number of carboxylic acid groups (broad SMARTS) is 1. The lowest BCUT2D eigenvalue weighted by Gasteiger charge is -2.14. The van der Waals surface area contributed by atoms with Crippen LogP contribution in [0.1, 0.15) is 6.42 Å². The van der Waals surface area contributed by atoms with Gasteiger partial charge in [-0.05, 0) is 6.07 Å². The number of anilines is 1. The highest BCUT2D eigenvalue weighted by Gasteiger charge is 2.19. The van der Waals surface area contributed by atoms with E-state index in [2.05, 4.69) is 15.3 Å². The van der Waals surface area contributed by atoms with Gasteiger partial charge in [0.25, 0.3) is 0 Å². The number of pyridine rings is 1. The van der Waals surface area contributed by atoms with Crippen molar-refractivity contribution in [1.82, 2.24) is 14.5 Å². The van der Waals surface area contributed by atoms with Crippen LogP contribution in [0.5, 0.6) is 0 Å². The topological polar surface area (TPSA) is 89.3 Å². The Labute approximate surface area is 110 Å². The third-order valence-corrected chi connectivity index (χ3v) is 2.86. The first-order chi connectivity index (χ1) is 9.13. The SMILES string of the molecule is COCCC(Nc1nccc2c1ncn2C)C(=O)O. The minimum Gasteiger partial charge on any atom is -0.480 e. The Morgan fingerprint density at radius 1 is 1.58 bits per heavy atom. The van der Waals surface area contributed by atoms with Crippen molar-refractivity contribution in [3.8, 4) is 0 Å². The summed E-state index contributed by atoms with van der Waals surface area (Å²) in [4.78, 5) is 19.6. The van der Waals surface area contributed by atoms with Gasteiger partial charge in [-0.3, -0.25) is 0 Å². The molecule has 0 aliphatic carbocycles. The molecular weight excluding hydrogens is 248 g/mol. The molecule has 7 nitrogen and oxygen atoms in total. The average molecular weight is 264 g/mol. The number of methoxy groups -OCH3 is 1. The lowest BCUT2D eigenvalue weighted by Crippen LogP contribution is -2.31. The summed E-state index contributed by atoms with van der Waals surface area (Å²) in [6, 6.07) is 1.08. The van der Waals surface area contributed by atoms with Gasteiger partial charge in [0.15, 0.2) is 5.82 Å². The number of imidazole rings is 1. The molecule has 2 aromatic rings. The van der Waals surface area contributed by atoms with Crippen LogP contribution in [0.2, 0.25) is 0 Å². The van der Waals surface area contributed by atoms with E-state index in [0.29, 0.717) is 24.4 Å². The minimum atomic E-state index is -0.938. The van der Waals surface area contributed by atoms with Crippen LogP contribution >= 0.6 is 0 Å². The van der Waals surface area contributed by atoms with E-state index in [1.54, 1.807) is 12.5 Å². The molecular formula is C12H16N4O3. The van der Waals surface area contributed by atoms with E-state index in [4.69, 9.17) is 9.84 Å². The molecule has 1 unspecified atom stereocenters. The van der Waals surface area contributed by atoms with Crippen LogP contribution < -0.4 is 5.32 Å². The summed E-state index contributed by atoms with van der Waals surface area (Å²) in [6.45, 7) is 0.363. The molecule has 7 heteroatoms. The Morgan fingerprint density at radius 2 is 2.37 bits per heavy atom. The molecule has 0 radical (unpaired) electrons. The molecule has 0 saturated heterocycles. The van der Waals surface area contributed by atoms with E-state index >= 15 is 0 Å². The summed E-state index contributed by atoms with van der Waals surface area (Å²) in [5.41, 5.74) is 1.56. The van der Waals surface area contributed by atoms with Gasteiger partial charge >= 0.3 is 5.97 Å². The molecule has 2 aromatic heterocycles. The number of carbonyl (C=O) groups is 1. The Balaban J connectivity index is 2.26. The zero-order chi connectivity index (χ0) is 13.8. The molecule has 0 fully saturated rings. The fourth-order valence-corrected chi connectivity index (χ4v) is 1.83. The molecule has 0 aliphatic rings. The molecule has 2 heterocycles. The van der Waals surface area contributed by atoms with E-state index in [0.717, 1.165) is 5.52 Å². The van der Waals surface area contributed by atoms with Gasteiger partial charge in [-0.25, -0.2) is 14.8 Å². The number of aliphatic carboxylic acids is 1. The zero-order valence-corrected chi connectivity index (χ0v) is 10.8. The van der Waals surface area contributed by atoms with Gasteiger partial charge < -0.3 is 19.7 Å². The second kappa shape index (κ2) is 5.66. The summed E-state index contributed by atoms with van der Waals surface area (Å²) < 4.78 is 6.76. The monoisotopic (exact) mass is 264 g/mol. The number of aryl methyl sites for hydroxylation is 1. The fraction of sp³-hybridized carbons (Fsp3) is 0.417. The smallest absolute Gasteiger partial charge is 0.326 e. The van der Waals surface area contributed by atoms with Crippen molar-refractivity contribution in [2.45, 2.75) is 12.5 Å². The van der Waals surface area contributed by atoms with Crippen LogP contribution in [0.15, 0.2) is 18.6 Å². The highest BCUT2D eigenvalue weighted by atomic mass is 16.5. The molecule has 2 N–H and O–H groups in total. The highest BCUT2D eigenvalue weighted by molar-refractivity contribution is 5.88. The summed E-state index contributed by atoms with van der Waals surface area (Å²) >= 11 is 0. The fourth-order valence-electron chi connectivity index (χ4n) is 1.83. The maximum atomic E-state index is 11.2. The Bertz CT molecular complexity index is 581. The van der Waals surface area contributed by atoms with E-state index in [1.165, 1.54) is 7.11 Å². The molecule has 0 aliphatic heterocycles. The van der Waals surface area contributed by atoms with Gasteiger partial charge in [0, 0.05) is 33.4 Å². The first-order valence-electron chi connectivity index (χ1n) is 5.87. The average Bonchev–Trinajstić information content (AvgIpc) is 2.77. The maximum absolute atomic E-state index is 11.2. The van der Waals surface area contributed by atoms with Crippen molar-refractivity contribution in [3.05, 3.63) is 18.6 Å². The lowest BCUT2D eigenvalue weighted by molar-refractivity contribution is -0.138. The first-order valence-corrected chi connectivity index (χ1v) is 5.87. The number of nitrogens with zero attached hydrogens (tertiary/aromatic N) is 3. The van der Waals surface area contributed by atoms with E-state index in [-0.39, 0.29) is 0 Å². The van der Waals surface area contributed by atoms with E-state index in [9.17, 15) is 4.79 Å². The molecule has 0 saturated carbocycles. The van der Waals surface area contributed by atoms with Crippen LogP contribution in [-0.2, 0) is 16.6 Å². The van der Waals surface area contributed by atoms with Crippen molar-refractivity contribution in [2.24, 2.45) is 7.05 Å². The predicted molar refractivity (Wildman–Crippen MR) is 70.0 cm³/mol. The molecule has 102 valence electrons. The Hall–Kier alpha value is -2.15. The Morgan fingerprint density at radius 3 is 3.05 bits per heavy atom. The first kappa shape index (κ1) is 13.3. The molecule has 19 heavy (non-hydrogen) atoms. The molecule has 0 spiro atoms.